The van der Waals surface area contributed by atoms with Crippen LogP contribution in [0.3, 0.4) is 0 Å². The second-order valence-electron chi connectivity index (χ2n) is 5.75. The van der Waals surface area contributed by atoms with Crippen LogP contribution in [-0.2, 0) is 9.59 Å². The van der Waals surface area contributed by atoms with Gasteiger partial charge in [-0.1, -0.05) is 6.92 Å². The molecule has 0 spiro atoms. The van der Waals surface area contributed by atoms with Gasteiger partial charge in [-0.3, -0.25) is 9.59 Å². The molecule has 0 saturated carbocycles. The Morgan fingerprint density at radius 1 is 1.32 bits per heavy atom. The lowest BCUT2D eigenvalue weighted by molar-refractivity contribution is -0.152. The maximum Gasteiger partial charge on any atom is 0.309 e. The van der Waals surface area contributed by atoms with E-state index < -0.39 is 11.4 Å². The van der Waals surface area contributed by atoms with E-state index in [2.05, 4.69) is 10.2 Å². The van der Waals surface area contributed by atoms with Crippen molar-refractivity contribution in [3.63, 3.8) is 0 Å². The van der Waals surface area contributed by atoms with Crippen LogP contribution < -0.4 is 5.32 Å². The van der Waals surface area contributed by atoms with E-state index in [1.807, 2.05) is 20.8 Å². The first kappa shape index (κ1) is 16.0. The summed E-state index contributed by atoms with van der Waals surface area (Å²) in [5.74, 6) is -0.604. The second kappa shape index (κ2) is 6.89. The molecule has 0 atom stereocenters. The number of rotatable bonds is 6. The first-order valence-corrected chi connectivity index (χ1v) is 7.15. The van der Waals surface area contributed by atoms with Gasteiger partial charge in [0, 0.05) is 19.0 Å². The SMILES string of the molecule is CCC1(C(=O)O)CCN(CCC(=O)NC(C)C)CC1. The molecule has 0 bridgehead atoms. The third-order valence-corrected chi connectivity index (χ3v) is 4.05. The quantitative estimate of drug-likeness (QED) is 0.767. The number of aliphatic carboxylic acids is 1. The van der Waals surface area contributed by atoms with Crippen molar-refractivity contribution in [2.45, 2.75) is 52.5 Å². The van der Waals surface area contributed by atoms with Crippen LogP contribution in [0.5, 0.6) is 0 Å². The third kappa shape index (κ3) is 4.49. The summed E-state index contributed by atoms with van der Waals surface area (Å²) in [5, 5.41) is 12.2. The Hall–Kier alpha value is -1.10. The van der Waals surface area contributed by atoms with Gasteiger partial charge in [0.25, 0.3) is 0 Å². The van der Waals surface area contributed by atoms with E-state index in [0.29, 0.717) is 25.7 Å². The van der Waals surface area contributed by atoms with Gasteiger partial charge in [-0.2, -0.15) is 0 Å². The minimum atomic E-state index is -0.674. The van der Waals surface area contributed by atoms with Crippen LogP contribution in [0.15, 0.2) is 0 Å². The Bertz CT molecular complexity index is 321. The molecule has 0 radical (unpaired) electrons. The fraction of sp³-hybridized carbons (Fsp3) is 0.857. The molecule has 1 saturated heterocycles. The fourth-order valence-corrected chi connectivity index (χ4v) is 2.58. The van der Waals surface area contributed by atoms with Crippen LogP contribution in [-0.4, -0.2) is 47.6 Å². The number of likely N-dealkylation sites (tertiary alicyclic amines) is 1. The smallest absolute Gasteiger partial charge is 0.309 e. The monoisotopic (exact) mass is 270 g/mol. The van der Waals surface area contributed by atoms with E-state index in [1.54, 1.807) is 0 Å². The summed E-state index contributed by atoms with van der Waals surface area (Å²) in [6.07, 6.45) is 2.55. The number of carbonyl (C=O) groups excluding carboxylic acids is 1. The molecule has 0 aromatic heterocycles. The highest BCUT2D eigenvalue weighted by Gasteiger charge is 2.39. The van der Waals surface area contributed by atoms with Crippen LogP contribution in [0, 0.1) is 5.41 Å². The lowest BCUT2D eigenvalue weighted by atomic mass is 9.76. The van der Waals surface area contributed by atoms with E-state index in [4.69, 9.17) is 0 Å². The minimum absolute atomic E-state index is 0.0700. The Morgan fingerprint density at radius 2 is 1.89 bits per heavy atom. The zero-order valence-electron chi connectivity index (χ0n) is 12.2. The van der Waals surface area contributed by atoms with Gasteiger partial charge >= 0.3 is 5.97 Å². The number of hydrogen-bond acceptors (Lipinski definition) is 3. The molecule has 0 aliphatic carbocycles. The molecule has 1 heterocycles. The van der Waals surface area contributed by atoms with Gasteiger partial charge in [0.15, 0.2) is 0 Å². The first-order valence-electron chi connectivity index (χ1n) is 7.15. The zero-order chi connectivity index (χ0) is 14.5. The number of hydrogen-bond donors (Lipinski definition) is 2. The molecule has 5 nitrogen and oxygen atoms in total. The second-order valence-corrected chi connectivity index (χ2v) is 5.75. The number of nitrogens with one attached hydrogen (secondary N) is 1. The largest absolute Gasteiger partial charge is 0.481 e. The molecule has 5 heteroatoms. The van der Waals surface area contributed by atoms with Crippen molar-refractivity contribution in [3.05, 3.63) is 0 Å². The molecule has 0 unspecified atom stereocenters. The zero-order valence-corrected chi connectivity index (χ0v) is 12.2. The molecule has 1 fully saturated rings. The van der Waals surface area contributed by atoms with Gasteiger partial charge in [0.05, 0.1) is 5.41 Å². The summed E-state index contributed by atoms with van der Waals surface area (Å²) >= 11 is 0. The fourth-order valence-electron chi connectivity index (χ4n) is 2.58. The molecule has 110 valence electrons. The number of amides is 1. The Balaban J connectivity index is 2.34. The lowest BCUT2D eigenvalue weighted by Gasteiger charge is -2.38. The Kier molecular flexibility index (Phi) is 5.79. The van der Waals surface area contributed by atoms with Gasteiger partial charge in [-0.05, 0) is 46.2 Å². The van der Waals surface area contributed by atoms with Crippen LogP contribution in [0.2, 0.25) is 0 Å². The summed E-state index contributed by atoms with van der Waals surface area (Å²) in [6, 6.07) is 0.175. The van der Waals surface area contributed by atoms with Crippen LogP contribution in [0.4, 0.5) is 0 Å². The number of nitrogens with zero attached hydrogens (tertiary/aromatic N) is 1. The van der Waals surface area contributed by atoms with Gasteiger partial charge in [-0.15, -0.1) is 0 Å². The topological polar surface area (TPSA) is 69.6 Å². The maximum atomic E-state index is 11.6. The standard InChI is InChI=1S/C14H26N2O3/c1-4-14(13(18)19)6-9-16(10-7-14)8-5-12(17)15-11(2)3/h11H,4-10H2,1-3H3,(H,15,17)(H,18,19). The van der Waals surface area contributed by atoms with Crippen LogP contribution in [0.1, 0.15) is 46.5 Å². The number of carbonyl (C=O) groups is 2. The number of piperidine rings is 1. The van der Waals surface area contributed by atoms with E-state index in [1.165, 1.54) is 0 Å². The van der Waals surface area contributed by atoms with Crippen molar-refractivity contribution in [1.29, 1.82) is 0 Å². The molecule has 1 aliphatic heterocycles. The number of carboxylic acids is 1. The summed E-state index contributed by atoms with van der Waals surface area (Å²) in [7, 11) is 0. The molecule has 2 N–H and O–H groups in total. The molecule has 19 heavy (non-hydrogen) atoms. The van der Waals surface area contributed by atoms with Crippen LogP contribution >= 0.6 is 0 Å². The summed E-state index contributed by atoms with van der Waals surface area (Å²) in [4.78, 5) is 25.1. The molecule has 1 amide bonds. The highest BCUT2D eigenvalue weighted by atomic mass is 16.4. The molecular weight excluding hydrogens is 244 g/mol. The maximum absolute atomic E-state index is 11.6. The molecule has 1 rings (SSSR count). The number of carboxylic acid groups (broad SMARTS) is 1. The highest BCUT2D eigenvalue weighted by Crippen LogP contribution is 2.35. The Morgan fingerprint density at radius 3 is 2.32 bits per heavy atom. The van der Waals surface area contributed by atoms with Crippen molar-refractivity contribution in [2.75, 3.05) is 19.6 Å². The average molecular weight is 270 g/mol. The Labute approximate surface area is 115 Å². The lowest BCUT2D eigenvalue weighted by Crippen LogP contribution is -2.45. The molecule has 1 aliphatic rings. The van der Waals surface area contributed by atoms with Gasteiger partial charge < -0.3 is 15.3 Å². The van der Waals surface area contributed by atoms with Crippen LogP contribution in [0.25, 0.3) is 0 Å². The minimum Gasteiger partial charge on any atom is -0.481 e. The predicted molar refractivity (Wildman–Crippen MR) is 73.9 cm³/mol. The normalized spacial score (nSPS) is 19.4. The van der Waals surface area contributed by atoms with Gasteiger partial charge in [-0.25, -0.2) is 0 Å². The van der Waals surface area contributed by atoms with Crippen molar-refractivity contribution < 1.29 is 14.7 Å². The highest BCUT2D eigenvalue weighted by molar-refractivity contribution is 5.76. The summed E-state index contributed by atoms with van der Waals surface area (Å²) in [5.41, 5.74) is -0.545. The average Bonchev–Trinajstić information content (AvgIpc) is 2.36. The summed E-state index contributed by atoms with van der Waals surface area (Å²) < 4.78 is 0. The van der Waals surface area contributed by atoms with E-state index in [9.17, 15) is 14.7 Å². The summed E-state index contributed by atoms with van der Waals surface area (Å²) in [6.45, 7) is 8.10. The van der Waals surface area contributed by atoms with Crippen molar-refractivity contribution in [2.24, 2.45) is 5.41 Å². The van der Waals surface area contributed by atoms with E-state index >= 15 is 0 Å². The molecular formula is C14H26N2O3. The third-order valence-electron chi connectivity index (χ3n) is 4.05. The van der Waals surface area contributed by atoms with Gasteiger partial charge in [0.1, 0.15) is 0 Å². The van der Waals surface area contributed by atoms with Crippen molar-refractivity contribution in [1.82, 2.24) is 10.2 Å². The van der Waals surface area contributed by atoms with E-state index in [-0.39, 0.29) is 11.9 Å². The molecule has 0 aromatic rings. The first-order chi connectivity index (χ1) is 8.89. The van der Waals surface area contributed by atoms with Crippen molar-refractivity contribution in [3.8, 4) is 0 Å². The van der Waals surface area contributed by atoms with Crippen molar-refractivity contribution >= 4 is 11.9 Å². The predicted octanol–water partition coefficient (Wildman–Crippen LogP) is 1.48. The molecule has 0 aromatic carbocycles. The van der Waals surface area contributed by atoms with E-state index in [0.717, 1.165) is 19.6 Å². The van der Waals surface area contributed by atoms with Gasteiger partial charge in [0.2, 0.25) is 5.91 Å².